The van der Waals surface area contributed by atoms with Crippen molar-refractivity contribution in [1.82, 2.24) is 5.32 Å². The number of carbonyl (C=O) groups is 2. The van der Waals surface area contributed by atoms with Crippen LogP contribution in [-0.4, -0.2) is 29.7 Å². The van der Waals surface area contributed by atoms with Crippen LogP contribution in [0.1, 0.15) is 6.92 Å². The zero-order chi connectivity index (χ0) is 8.15. The normalized spacial score (nSPS) is 10.8. The molecule has 0 saturated heterocycles. The third-order valence-corrected chi connectivity index (χ3v) is 0.876. The fourth-order valence-electron chi connectivity index (χ4n) is 0.394. The van der Waals surface area contributed by atoms with Gasteiger partial charge in [-0.25, -0.2) is 0 Å². The number of ketones is 1. The maximum Gasteiger partial charge on any atom is 0.276 e. The molecule has 0 aliphatic rings. The van der Waals surface area contributed by atoms with Crippen molar-refractivity contribution >= 4 is 17.4 Å². The summed E-state index contributed by atoms with van der Waals surface area (Å²) in [5.74, 6) is -1.25. The van der Waals surface area contributed by atoms with Crippen LogP contribution in [0, 0.1) is 0 Å². The van der Waals surface area contributed by atoms with E-state index in [9.17, 15) is 9.59 Å². The molecule has 0 rings (SSSR count). The first-order chi connectivity index (χ1) is 4.63. The molecule has 56 valence electrons. The highest BCUT2D eigenvalue weighted by Gasteiger charge is 2.14. The number of nitrogens with one attached hydrogen (secondary N) is 1. The number of oxime groups is 1. The van der Waals surface area contributed by atoms with E-state index in [0.29, 0.717) is 0 Å². The molecular weight excluding hydrogens is 136 g/mol. The lowest BCUT2D eigenvalue weighted by Gasteiger charge is -1.95. The van der Waals surface area contributed by atoms with E-state index in [1.165, 1.54) is 7.05 Å². The minimum Gasteiger partial charge on any atom is -0.410 e. The van der Waals surface area contributed by atoms with E-state index in [0.717, 1.165) is 6.92 Å². The van der Waals surface area contributed by atoms with Crippen LogP contribution in [-0.2, 0) is 9.59 Å². The Balaban J connectivity index is 4.39. The molecule has 0 heterocycles. The zero-order valence-electron chi connectivity index (χ0n) is 5.71. The molecule has 0 radical (unpaired) electrons. The van der Waals surface area contributed by atoms with Gasteiger partial charge >= 0.3 is 0 Å². The molecule has 0 bridgehead atoms. The molecule has 0 spiro atoms. The highest BCUT2D eigenvalue weighted by atomic mass is 16.4. The van der Waals surface area contributed by atoms with E-state index in [2.05, 4.69) is 10.5 Å². The topological polar surface area (TPSA) is 78.8 Å². The number of carbonyl (C=O) groups excluding carboxylic acids is 2. The van der Waals surface area contributed by atoms with E-state index < -0.39 is 17.4 Å². The fraction of sp³-hybridized carbons (Fsp3) is 0.400. The second-order valence-corrected chi connectivity index (χ2v) is 1.58. The quantitative estimate of drug-likeness (QED) is 0.229. The van der Waals surface area contributed by atoms with Crippen LogP contribution < -0.4 is 5.32 Å². The van der Waals surface area contributed by atoms with E-state index in [4.69, 9.17) is 5.21 Å². The Kier molecular flexibility index (Phi) is 3.10. The summed E-state index contributed by atoms with van der Waals surface area (Å²) in [6.45, 7) is 1.14. The molecule has 2 N–H and O–H groups in total. The standard InChI is InChI=1S/C5H8N2O3/c1-3(8)4(7-10)5(9)6-2/h10H,1-2H3,(H,6,9)/b7-4+. The fourth-order valence-corrected chi connectivity index (χ4v) is 0.394. The number of Topliss-reactive ketones (excluding diaryl/α,β-unsaturated/α-hetero) is 1. The Morgan fingerprint density at radius 1 is 1.50 bits per heavy atom. The minimum absolute atomic E-state index is 0.484. The van der Waals surface area contributed by atoms with Gasteiger partial charge in [-0.15, -0.1) is 0 Å². The monoisotopic (exact) mass is 144 g/mol. The van der Waals surface area contributed by atoms with Crippen molar-refractivity contribution in [2.24, 2.45) is 5.16 Å². The van der Waals surface area contributed by atoms with Gasteiger partial charge in [-0.05, 0) is 0 Å². The first kappa shape index (κ1) is 8.61. The van der Waals surface area contributed by atoms with E-state index in [1.54, 1.807) is 0 Å². The molecule has 1 amide bonds. The molecule has 5 nitrogen and oxygen atoms in total. The molecule has 5 heteroatoms. The first-order valence-electron chi connectivity index (χ1n) is 2.58. The van der Waals surface area contributed by atoms with Crippen LogP contribution in [0.4, 0.5) is 0 Å². The van der Waals surface area contributed by atoms with Gasteiger partial charge in [0, 0.05) is 14.0 Å². The number of amides is 1. The van der Waals surface area contributed by atoms with Crippen molar-refractivity contribution in [3.05, 3.63) is 0 Å². The van der Waals surface area contributed by atoms with Crippen LogP contribution in [0.5, 0.6) is 0 Å². The average molecular weight is 144 g/mol. The second-order valence-electron chi connectivity index (χ2n) is 1.58. The lowest BCUT2D eigenvalue weighted by Crippen LogP contribution is -2.32. The molecular formula is C5H8N2O3. The maximum atomic E-state index is 10.6. The second kappa shape index (κ2) is 3.60. The minimum atomic E-state index is -0.685. The third-order valence-electron chi connectivity index (χ3n) is 0.876. The lowest BCUT2D eigenvalue weighted by molar-refractivity contribution is -0.117. The van der Waals surface area contributed by atoms with Crippen LogP contribution in [0.25, 0.3) is 0 Å². The number of rotatable bonds is 2. The predicted octanol–water partition coefficient (Wildman–Crippen LogP) is -0.848. The molecule has 0 aromatic rings. The van der Waals surface area contributed by atoms with Crippen molar-refractivity contribution in [1.29, 1.82) is 0 Å². The molecule has 0 unspecified atom stereocenters. The lowest BCUT2D eigenvalue weighted by atomic mass is 10.2. The summed E-state index contributed by atoms with van der Waals surface area (Å²) in [4.78, 5) is 21.0. The summed E-state index contributed by atoms with van der Waals surface area (Å²) in [5, 5.41) is 12.8. The van der Waals surface area contributed by atoms with Crippen LogP contribution in [0.2, 0.25) is 0 Å². The number of nitrogens with zero attached hydrogens (tertiary/aromatic N) is 1. The Morgan fingerprint density at radius 3 is 2.10 bits per heavy atom. The molecule has 0 aromatic heterocycles. The van der Waals surface area contributed by atoms with E-state index >= 15 is 0 Å². The van der Waals surface area contributed by atoms with Crippen LogP contribution in [0.3, 0.4) is 0 Å². The predicted molar refractivity (Wildman–Crippen MR) is 34.0 cm³/mol. The zero-order valence-corrected chi connectivity index (χ0v) is 5.71. The van der Waals surface area contributed by atoms with Crippen LogP contribution >= 0.6 is 0 Å². The summed E-state index contributed by atoms with van der Waals surface area (Å²) < 4.78 is 0. The number of hydrogen-bond acceptors (Lipinski definition) is 4. The van der Waals surface area contributed by atoms with Gasteiger partial charge in [0.05, 0.1) is 0 Å². The largest absolute Gasteiger partial charge is 0.410 e. The molecule has 10 heavy (non-hydrogen) atoms. The van der Waals surface area contributed by atoms with Crippen molar-refractivity contribution in [3.63, 3.8) is 0 Å². The Labute approximate surface area is 57.7 Å². The van der Waals surface area contributed by atoms with Crippen LogP contribution in [0.15, 0.2) is 5.16 Å². The van der Waals surface area contributed by atoms with Gasteiger partial charge in [0.1, 0.15) is 0 Å². The summed E-state index contributed by atoms with van der Waals surface area (Å²) >= 11 is 0. The van der Waals surface area contributed by atoms with Gasteiger partial charge in [0.25, 0.3) is 5.91 Å². The summed E-state index contributed by atoms with van der Waals surface area (Å²) in [6, 6.07) is 0. The van der Waals surface area contributed by atoms with Gasteiger partial charge < -0.3 is 10.5 Å². The molecule has 0 fully saturated rings. The summed E-state index contributed by atoms with van der Waals surface area (Å²) in [7, 11) is 1.34. The molecule has 0 aromatic carbocycles. The number of hydrogen-bond donors (Lipinski definition) is 2. The average Bonchev–Trinajstić information content (AvgIpc) is 1.88. The highest BCUT2D eigenvalue weighted by molar-refractivity contribution is 6.65. The maximum absolute atomic E-state index is 10.6. The summed E-state index contributed by atoms with van der Waals surface area (Å²) in [5.41, 5.74) is -0.484. The van der Waals surface area contributed by atoms with Gasteiger partial charge in [-0.2, -0.15) is 0 Å². The van der Waals surface area contributed by atoms with E-state index in [-0.39, 0.29) is 0 Å². The van der Waals surface area contributed by atoms with Gasteiger partial charge in [-0.3, -0.25) is 9.59 Å². The molecule has 0 aliphatic heterocycles. The van der Waals surface area contributed by atoms with Gasteiger partial charge in [0.15, 0.2) is 5.78 Å². The highest BCUT2D eigenvalue weighted by Crippen LogP contribution is 1.79. The van der Waals surface area contributed by atoms with Crippen molar-refractivity contribution < 1.29 is 14.8 Å². The Hall–Kier alpha value is -1.39. The van der Waals surface area contributed by atoms with Gasteiger partial charge in [0.2, 0.25) is 5.71 Å². The first-order valence-corrected chi connectivity index (χ1v) is 2.58. The Morgan fingerprint density at radius 2 is 2.00 bits per heavy atom. The van der Waals surface area contributed by atoms with Crippen molar-refractivity contribution in [3.8, 4) is 0 Å². The van der Waals surface area contributed by atoms with Crippen molar-refractivity contribution in [2.45, 2.75) is 6.92 Å². The van der Waals surface area contributed by atoms with Gasteiger partial charge in [-0.1, -0.05) is 5.16 Å². The SMILES string of the molecule is CNC(=O)/C(=N/O)C(C)=O. The van der Waals surface area contributed by atoms with E-state index in [1.807, 2.05) is 0 Å². The van der Waals surface area contributed by atoms with Crippen molar-refractivity contribution in [2.75, 3.05) is 7.05 Å². The molecule has 0 saturated carbocycles. The smallest absolute Gasteiger partial charge is 0.276 e. The third kappa shape index (κ3) is 1.85. The molecule has 0 atom stereocenters. The molecule has 0 aliphatic carbocycles. The Bertz CT molecular complexity index is 185. The summed E-state index contributed by atoms with van der Waals surface area (Å²) in [6.07, 6.45) is 0.